The molecule has 4 aromatic carbocycles. The van der Waals surface area contributed by atoms with E-state index in [0.717, 1.165) is 44.8 Å². The molecule has 6 rings (SSSR count). The van der Waals surface area contributed by atoms with E-state index in [2.05, 4.69) is 71.9 Å². The highest BCUT2D eigenvalue weighted by Crippen LogP contribution is 2.37. The molecule has 0 saturated carbocycles. The van der Waals surface area contributed by atoms with Crippen LogP contribution < -0.4 is 9.64 Å². The van der Waals surface area contributed by atoms with Crippen LogP contribution >= 0.6 is 0 Å². The lowest BCUT2D eigenvalue weighted by Crippen LogP contribution is -2.20. The number of hydrogen-bond acceptors (Lipinski definition) is 5. The van der Waals surface area contributed by atoms with Gasteiger partial charge in [-0.05, 0) is 59.9 Å². The zero-order chi connectivity index (χ0) is 25.9. The van der Waals surface area contributed by atoms with Gasteiger partial charge in [0.15, 0.2) is 0 Å². The molecular formula is C33H28N2O3. The van der Waals surface area contributed by atoms with Gasteiger partial charge in [-0.15, -0.1) is 0 Å². The molecule has 0 amide bonds. The number of anilines is 1. The average Bonchev–Trinajstić information content (AvgIpc) is 3.59. The summed E-state index contributed by atoms with van der Waals surface area (Å²) in [5.74, 6) is 1.51. The molecule has 5 aromatic rings. The summed E-state index contributed by atoms with van der Waals surface area (Å²) in [5, 5.41) is 4.12. The highest BCUT2D eigenvalue weighted by atomic mass is 16.5. The summed E-state index contributed by atoms with van der Waals surface area (Å²) in [4.78, 5) is 1.97. The lowest BCUT2D eigenvalue weighted by atomic mass is 9.97. The van der Waals surface area contributed by atoms with Crippen molar-refractivity contribution in [3.8, 4) is 28.0 Å². The van der Waals surface area contributed by atoms with E-state index in [9.17, 15) is 0 Å². The van der Waals surface area contributed by atoms with Crippen LogP contribution in [0.2, 0.25) is 0 Å². The minimum atomic E-state index is -0.352. The third-order valence-electron chi connectivity index (χ3n) is 6.90. The lowest BCUT2D eigenvalue weighted by Gasteiger charge is -2.23. The maximum atomic E-state index is 6.30. The molecule has 0 radical (unpaired) electrons. The molecule has 1 aliphatic heterocycles. The van der Waals surface area contributed by atoms with Crippen molar-refractivity contribution in [1.82, 2.24) is 5.16 Å². The first kappa shape index (κ1) is 23.6. The molecule has 0 bridgehead atoms. The van der Waals surface area contributed by atoms with Crippen molar-refractivity contribution in [3.05, 3.63) is 138 Å². The van der Waals surface area contributed by atoms with E-state index < -0.39 is 0 Å². The van der Waals surface area contributed by atoms with Crippen molar-refractivity contribution in [1.29, 1.82) is 0 Å². The zero-order valence-electron chi connectivity index (χ0n) is 21.4. The fourth-order valence-corrected chi connectivity index (χ4v) is 4.70. The van der Waals surface area contributed by atoms with Gasteiger partial charge in [-0.3, -0.25) is 4.90 Å². The van der Waals surface area contributed by atoms with E-state index in [-0.39, 0.29) is 6.23 Å². The van der Waals surface area contributed by atoms with Gasteiger partial charge in [-0.1, -0.05) is 90.1 Å². The Morgan fingerprint density at radius 2 is 1.47 bits per heavy atom. The fraction of sp³-hybridized carbons (Fsp3) is 0.121. The molecule has 0 spiro atoms. The number of aromatic nitrogens is 1. The average molecular weight is 501 g/mol. The van der Waals surface area contributed by atoms with Crippen molar-refractivity contribution < 1.29 is 14.0 Å². The van der Waals surface area contributed by atoms with Gasteiger partial charge in [0.2, 0.25) is 12.1 Å². The summed E-state index contributed by atoms with van der Waals surface area (Å²) in [6.45, 7) is 4.36. The molecule has 1 atom stereocenters. The summed E-state index contributed by atoms with van der Waals surface area (Å²) in [6.07, 6.45) is 3.22. The Hall–Kier alpha value is -4.77. The Balaban J connectivity index is 1.29. The largest absolute Gasteiger partial charge is 0.489 e. The first-order valence-corrected chi connectivity index (χ1v) is 12.7. The topological polar surface area (TPSA) is 47.7 Å². The molecule has 38 heavy (non-hydrogen) atoms. The molecule has 1 unspecified atom stereocenters. The highest BCUT2D eigenvalue weighted by molar-refractivity contribution is 5.68. The van der Waals surface area contributed by atoms with E-state index in [1.165, 1.54) is 5.56 Å². The SMILES string of the molecule is Cc1noc(N2C=COC2c2ccc(-c3ccccc3)c(COc3ccc(-c4ccccc4)cc3)c2)c1C. The van der Waals surface area contributed by atoms with Crippen molar-refractivity contribution in [3.63, 3.8) is 0 Å². The van der Waals surface area contributed by atoms with E-state index in [4.69, 9.17) is 14.0 Å². The van der Waals surface area contributed by atoms with Gasteiger partial charge >= 0.3 is 0 Å². The smallest absolute Gasteiger partial charge is 0.237 e. The molecule has 0 fully saturated rings. The van der Waals surface area contributed by atoms with Gasteiger partial charge < -0.3 is 14.0 Å². The van der Waals surface area contributed by atoms with E-state index in [0.29, 0.717) is 12.5 Å². The number of hydrogen-bond donors (Lipinski definition) is 0. The van der Waals surface area contributed by atoms with E-state index in [1.54, 1.807) is 6.26 Å². The van der Waals surface area contributed by atoms with E-state index >= 15 is 0 Å². The summed E-state index contributed by atoms with van der Waals surface area (Å²) in [6, 6.07) is 35.3. The maximum absolute atomic E-state index is 6.30. The number of nitrogens with zero attached hydrogens (tertiary/aromatic N) is 2. The van der Waals surface area contributed by atoms with Gasteiger partial charge in [0, 0.05) is 17.3 Å². The van der Waals surface area contributed by atoms with Crippen molar-refractivity contribution in [2.24, 2.45) is 0 Å². The molecule has 0 aliphatic carbocycles. The molecule has 1 aliphatic rings. The maximum Gasteiger partial charge on any atom is 0.237 e. The summed E-state index contributed by atoms with van der Waals surface area (Å²) in [5.41, 5.74) is 8.54. The second kappa shape index (κ2) is 10.3. The second-order valence-electron chi connectivity index (χ2n) is 9.34. The van der Waals surface area contributed by atoms with Crippen LogP contribution in [0, 0.1) is 13.8 Å². The number of aryl methyl sites for hydroxylation is 1. The van der Waals surface area contributed by atoms with Gasteiger partial charge in [0.05, 0.1) is 5.69 Å². The van der Waals surface area contributed by atoms with Gasteiger partial charge in [-0.2, -0.15) is 0 Å². The van der Waals surface area contributed by atoms with Crippen LogP contribution in [-0.4, -0.2) is 5.16 Å². The predicted octanol–water partition coefficient (Wildman–Crippen LogP) is 8.21. The molecule has 5 heteroatoms. The van der Waals surface area contributed by atoms with Crippen LogP contribution in [0.3, 0.4) is 0 Å². The second-order valence-corrected chi connectivity index (χ2v) is 9.34. The predicted molar refractivity (Wildman–Crippen MR) is 150 cm³/mol. The summed E-state index contributed by atoms with van der Waals surface area (Å²) < 4.78 is 17.9. The zero-order valence-corrected chi connectivity index (χ0v) is 21.4. The summed E-state index contributed by atoms with van der Waals surface area (Å²) in [7, 11) is 0. The fourth-order valence-electron chi connectivity index (χ4n) is 4.70. The molecule has 0 N–H and O–H groups in total. The van der Waals surface area contributed by atoms with Gasteiger partial charge in [-0.25, -0.2) is 0 Å². The summed E-state index contributed by atoms with van der Waals surface area (Å²) >= 11 is 0. The quantitative estimate of drug-likeness (QED) is 0.225. The monoisotopic (exact) mass is 500 g/mol. The van der Waals surface area contributed by atoms with Crippen LogP contribution in [0.5, 0.6) is 5.75 Å². The lowest BCUT2D eigenvalue weighted by molar-refractivity contribution is 0.169. The standard InChI is InChI=1S/C33H28N2O3/c1-23-24(2)34-38-32(23)35-19-20-36-33(35)28-15-18-31(27-11-7-4-8-12-27)29(21-28)22-37-30-16-13-26(14-17-30)25-9-5-3-6-10-25/h3-21,33H,22H2,1-2H3. The Morgan fingerprint density at radius 3 is 2.16 bits per heavy atom. The van der Waals surface area contributed by atoms with Crippen LogP contribution in [0.1, 0.15) is 28.6 Å². The molecule has 188 valence electrons. The number of rotatable bonds is 7. The number of benzene rings is 4. The van der Waals surface area contributed by atoms with Crippen LogP contribution in [0.15, 0.2) is 120 Å². The first-order valence-electron chi connectivity index (χ1n) is 12.7. The van der Waals surface area contributed by atoms with Crippen LogP contribution in [0.4, 0.5) is 5.88 Å². The molecule has 5 nitrogen and oxygen atoms in total. The van der Waals surface area contributed by atoms with Gasteiger partial charge in [0.1, 0.15) is 18.6 Å². The van der Waals surface area contributed by atoms with E-state index in [1.807, 2.05) is 61.3 Å². The van der Waals surface area contributed by atoms with Crippen LogP contribution in [0.25, 0.3) is 22.3 Å². The third-order valence-corrected chi connectivity index (χ3v) is 6.90. The Bertz CT molecular complexity index is 1560. The normalized spacial score (nSPS) is 14.5. The Morgan fingerprint density at radius 1 is 0.789 bits per heavy atom. The van der Waals surface area contributed by atoms with Gasteiger partial charge in [0.25, 0.3) is 0 Å². The van der Waals surface area contributed by atoms with Crippen molar-refractivity contribution >= 4 is 5.88 Å². The molecule has 2 heterocycles. The molecule has 1 aromatic heterocycles. The Kier molecular flexibility index (Phi) is 6.40. The first-order chi connectivity index (χ1) is 18.7. The molecular weight excluding hydrogens is 472 g/mol. The Labute approximate surface area is 222 Å². The van der Waals surface area contributed by atoms with Crippen LogP contribution in [-0.2, 0) is 11.3 Å². The minimum Gasteiger partial charge on any atom is -0.489 e. The molecule has 0 saturated heterocycles. The van der Waals surface area contributed by atoms with Crippen molar-refractivity contribution in [2.45, 2.75) is 26.7 Å². The minimum absolute atomic E-state index is 0.352. The van der Waals surface area contributed by atoms with Crippen molar-refractivity contribution in [2.75, 3.05) is 4.90 Å². The number of ether oxygens (including phenoxy) is 2. The highest BCUT2D eigenvalue weighted by Gasteiger charge is 2.29. The third kappa shape index (κ3) is 4.66.